The van der Waals surface area contributed by atoms with E-state index in [0.717, 1.165) is 24.3 Å². The van der Waals surface area contributed by atoms with Gasteiger partial charge in [0.2, 0.25) is 0 Å². The van der Waals surface area contributed by atoms with Crippen LogP contribution in [-0.4, -0.2) is 28.6 Å². The SMILES string of the molecule is Cc1ncsc1CN(C)Cc1ccccc1C#CCO. The summed E-state index contributed by atoms with van der Waals surface area (Å²) < 4.78 is 0. The number of hydrogen-bond donors (Lipinski definition) is 1. The molecule has 2 rings (SSSR count). The summed E-state index contributed by atoms with van der Waals surface area (Å²) in [4.78, 5) is 7.82. The van der Waals surface area contributed by atoms with Crippen molar-refractivity contribution in [3.63, 3.8) is 0 Å². The van der Waals surface area contributed by atoms with Gasteiger partial charge in [-0.25, -0.2) is 4.98 Å². The topological polar surface area (TPSA) is 36.4 Å². The molecule has 0 atom stereocenters. The maximum Gasteiger partial charge on any atom is 0.104 e. The van der Waals surface area contributed by atoms with Gasteiger partial charge < -0.3 is 5.11 Å². The summed E-state index contributed by atoms with van der Waals surface area (Å²) in [6.45, 7) is 3.65. The normalized spacial score (nSPS) is 10.4. The summed E-state index contributed by atoms with van der Waals surface area (Å²) in [7, 11) is 2.09. The lowest BCUT2D eigenvalue weighted by atomic mass is 10.1. The molecule has 0 bridgehead atoms. The molecule has 104 valence electrons. The maximum atomic E-state index is 8.81. The van der Waals surface area contributed by atoms with Crippen molar-refractivity contribution in [2.75, 3.05) is 13.7 Å². The van der Waals surface area contributed by atoms with E-state index >= 15 is 0 Å². The van der Waals surface area contributed by atoms with E-state index in [0.29, 0.717) is 0 Å². The monoisotopic (exact) mass is 286 g/mol. The molecule has 1 aromatic heterocycles. The van der Waals surface area contributed by atoms with Crippen molar-refractivity contribution < 1.29 is 5.11 Å². The van der Waals surface area contributed by atoms with Gasteiger partial charge in [-0.2, -0.15) is 0 Å². The molecule has 0 aliphatic carbocycles. The van der Waals surface area contributed by atoms with Crippen LogP contribution in [0.25, 0.3) is 0 Å². The van der Waals surface area contributed by atoms with E-state index < -0.39 is 0 Å². The molecular formula is C16H18N2OS. The third kappa shape index (κ3) is 3.91. The molecule has 0 fully saturated rings. The molecule has 0 saturated carbocycles. The van der Waals surface area contributed by atoms with Crippen molar-refractivity contribution in [2.45, 2.75) is 20.0 Å². The minimum atomic E-state index is -0.107. The van der Waals surface area contributed by atoms with Crippen molar-refractivity contribution in [1.82, 2.24) is 9.88 Å². The summed E-state index contributed by atoms with van der Waals surface area (Å²) in [5.74, 6) is 5.71. The van der Waals surface area contributed by atoms with E-state index in [2.05, 4.69) is 34.8 Å². The van der Waals surface area contributed by atoms with Crippen LogP contribution in [0.15, 0.2) is 29.8 Å². The molecule has 20 heavy (non-hydrogen) atoms. The number of rotatable bonds is 4. The summed E-state index contributed by atoms with van der Waals surface area (Å²) in [5.41, 5.74) is 5.15. The number of aryl methyl sites for hydroxylation is 1. The fourth-order valence-electron chi connectivity index (χ4n) is 1.98. The zero-order valence-electron chi connectivity index (χ0n) is 11.8. The van der Waals surface area contributed by atoms with Gasteiger partial charge in [-0.15, -0.1) is 11.3 Å². The molecule has 0 unspecified atom stereocenters. The lowest BCUT2D eigenvalue weighted by Crippen LogP contribution is -2.17. The number of thiazole rings is 1. The minimum absolute atomic E-state index is 0.107. The number of hydrogen-bond acceptors (Lipinski definition) is 4. The molecule has 3 nitrogen and oxygen atoms in total. The molecule has 4 heteroatoms. The molecule has 0 spiro atoms. The van der Waals surface area contributed by atoms with Crippen molar-refractivity contribution >= 4 is 11.3 Å². The predicted octanol–water partition coefficient (Wildman–Crippen LogP) is 2.43. The third-order valence-corrected chi connectivity index (χ3v) is 3.94. The van der Waals surface area contributed by atoms with Crippen molar-refractivity contribution in [2.24, 2.45) is 0 Å². The van der Waals surface area contributed by atoms with Gasteiger partial charge >= 0.3 is 0 Å². The van der Waals surface area contributed by atoms with Crippen LogP contribution in [0.1, 0.15) is 21.7 Å². The van der Waals surface area contributed by atoms with Gasteiger partial charge in [-0.1, -0.05) is 30.0 Å². The van der Waals surface area contributed by atoms with E-state index in [1.807, 2.05) is 30.6 Å². The van der Waals surface area contributed by atoms with Crippen molar-refractivity contribution in [3.8, 4) is 11.8 Å². The average molecular weight is 286 g/mol. The summed E-state index contributed by atoms with van der Waals surface area (Å²) in [6, 6.07) is 8.06. The van der Waals surface area contributed by atoms with Crippen LogP contribution < -0.4 is 0 Å². The highest BCUT2D eigenvalue weighted by Crippen LogP contribution is 2.16. The van der Waals surface area contributed by atoms with E-state index in [4.69, 9.17) is 5.11 Å². The Bertz CT molecular complexity index is 625. The molecule has 0 saturated heterocycles. The van der Waals surface area contributed by atoms with Crippen LogP contribution in [0.2, 0.25) is 0 Å². The van der Waals surface area contributed by atoms with Gasteiger partial charge in [0.25, 0.3) is 0 Å². The van der Waals surface area contributed by atoms with Gasteiger partial charge in [-0.3, -0.25) is 4.90 Å². The molecule has 1 aromatic carbocycles. The highest BCUT2D eigenvalue weighted by molar-refractivity contribution is 7.09. The number of aromatic nitrogens is 1. The Labute approximate surface area is 123 Å². The Hall–Kier alpha value is -1.67. The van der Waals surface area contributed by atoms with Crippen LogP contribution in [0.3, 0.4) is 0 Å². The van der Waals surface area contributed by atoms with E-state index in [-0.39, 0.29) is 6.61 Å². The van der Waals surface area contributed by atoms with Crippen LogP contribution in [-0.2, 0) is 13.1 Å². The predicted molar refractivity (Wildman–Crippen MR) is 82.4 cm³/mol. The number of nitrogens with zero attached hydrogens (tertiary/aromatic N) is 2. The Morgan fingerprint density at radius 3 is 2.80 bits per heavy atom. The first-order valence-electron chi connectivity index (χ1n) is 6.46. The molecule has 1 N–H and O–H groups in total. The Morgan fingerprint density at radius 1 is 1.30 bits per heavy atom. The summed E-state index contributed by atoms with van der Waals surface area (Å²) in [6.07, 6.45) is 0. The fourth-order valence-corrected chi connectivity index (χ4v) is 2.84. The molecule has 0 aliphatic rings. The highest BCUT2D eigenvalue weighted by Gasteiger charge is 2.08. The number of benzene rings is 1. The first-order chi connectivity index (χ1) is 9.70. The Morgan fingerprint density at radius 2 is 2.10 bits per heavy atom. The van der Waals surface area contributed by atoms with E-state index in [1.165, 1.54) is 10.4 Å². The second-order valence-corrected chi connectivity index (χ2v) is 5.59. The second kappa shape index (κ2) is 7.20. The van der Waals surface area contributed by atoms with Gasteiger partial charge in [0, 0.05) is 23.5 Å². The molecule has 2 aromatic rings. The number of aliphatic hydroxyl groups excluding tert-OH is 1. The van der Waals surface area contributed by atoms with Crippen LogP contribution in [0.5, 0.6) is 0 Å². The van der Waals surface area contributed by atoms with Gasteiger partial charge in [-0.05, 0) is 25.6 Å². The third-order valence-electron chi connectivity index (χ3n) is 3.02. The molecule has 1 heterocycles. The first-order valence-corrected chi connectivity index (χ1v) is 7.34. The van der Waals surface area contributed by atoms with Crippen molar-refractivity contribution in [1.29, 1.82) is 0 Å². The fraction of sp³-hybridized carbons (Fsp3) is 0.312. The summed E-state index contributed by atoms with van der Waals surface area (Å²) in [5, 5.41) is 8.81. The maximum absolute atomic E-state index is 8.81. The molecule has 0 aliphatic heterocycles. The van der Waals surface area contributed by atoms with Crippen LogP contribution >= 0.6 is 11.3 Å². The van der Waals surface area contributed by atoms with Gasteiger partial charge in [0.05, 0.1) is 11.2 Å². The van der Waals surface area contributed by atoms with Crippen molar-refractivity contribution in [3.05, 3.63) is 51.5 Å². The zero-order valence-corrected chi connectivity index (χ0v) is 12.6. The quantitative estimate of drug-likeness (QED) is 0.877. The van der Waals surface area contributed by atoms with E-state index in [1.54, 1.807) is 11.3 Å². The highest BCUT2D eigenvalue weighted by atomic mass is 32.1. The molecular weight excluding hydrogens is 268 g/mol. The number of aliphatic hydroxyl groups is 1. The largest absolute Gasteiger partial charge is 0.384 e. The van der Waals surface area contributed by atoms with Crippen LogP contribution in [0, 0.1) is 18.8 Å². The average Bonchev–Trinajstić information content (AvgIpc) is 2.83. The Kier molecular flexibility index (Phi) is 5.31. The van der Waals surface area contributed by atoms with E-state index in [9.17, 15) is 0 Å². The van der Waals surface area contributed by atoms with Gasteiger partial charge in [0.1, 0.15) is 6.61 Å². The first kappa shape index (κ1) is 14.7. The van der Waals surface area contributed by atoms with Gasteiger partial charge in [0.15, 0.2) is 0 Å². The molecule has 0 amide bonds. The molecule has 0 radical (unpaired) electrons. The lowest BCUT2D eigenvalue weighted by molar-refractivity contribution is 0.321. The smallest absolute Gasteiger partial charge is 0.104 e. The standard InChI is InChI=1S/C16H18N2OS/c1-13-16(20-12-17-13)11-18(2)10-15-7-4-3-6-14(15)8-5-9-19/h3-4,6-7,12,19H,9-11H2,1-2H3. The minimum Gasteiger partial charge on any atom is -0.384 e. The summed E-state index contributed by atoms with van der Waals surface area (Å²) >= 11 is 1.69. The zero-order chi connectivity index (χ0) is 14.4. The Balaban J connectivity index is 2.08. The lowest BCUT2D eigenvalue weighted by Gasteiger charge is -2.17. The second-order valence-electron chi connectivity index (χ2n) is 4.65. The van der Waals surface area contributed by atoms with Crippen LogP contribution in [0.4, 0.5) is 0 Å².